The molecule has 1 aromatic carbocycles. The minimum Gasteiger partial charge on any atom is -0.327 e. The van der Waals surface area contributed by atoms with Gasteiger partial charge in [0, 0.05) is 31.2 Å². The smallest absolute Gasteiger partial charge is 0.313 e. The van der Waals surface area contributed by atoms with Crippen LogP contribution in [-0.4, -0.2) is 58.3 Å². The van der Waals surface area contributed by atoms with Crippen molar-refractivity contribution in [3.05, 3.63) is 52.3 Å². The van der Waals surface area contributed by atoms with Crippen molar-refractivity contribution in [2.75, 3.05) is 32.0 Å². The molecule has 0 bridgehead atoms. The minimum absolute atomic E-state index is 0.128. The average molecular weight is 478 g/mol. The van der Waals surface area contributed by atoms with Crippen molar-refractivity contribution in [3.8, 4) is 0 Å². The van der Waals surface area contributed by atoms with E-state index in [-0.39, 0.29) is 6.04 Å². The number of hydrogen-bond acceptors (Lipinski definition) is 6. The molecule has 2 fully saturated rings. The third-order valence-corrected chi connectivity index (χ3v) is 8.30. The van der Waals surface area contributed by atoms with Gasteiger partial charge in [0.1, 0.15) is 0 Å². The molecule has 5 rings (SSSR count). The van der Waals surface area contributed by atoms with Crippen molar-refractivity contribution < 1.29 is 9.59 Å². The number of hydrogen-bond donors (Lipinski definition) is 1. The van der Waals surface area contributed by atoms with E-state index in [4.69, 9.17) is 4.98 Å². The number of nitrogens with zero attached hydrogens (tertiary/aromatic N) is 4. The predicted octanol–water partition coefficient (Wildman–Crippen LogP) is 4.28. The highest BCUT2D eigenvalue weighted by Crippen LogP contribution is 2.37. The maximum atomic E-state index is 13.3. The highest BCUT2D eigenvalue weighted by molar-refractivity contribution is 7.18. The summed E-state index contributed by atoms with van der Waals surface area (Å²) in [5.74, 6) is -0.244. The molecule has 34 heavy (non-hydrogen) atoms. The number of piperidine rings is 1. The lowest BCUT2D eigenvalue weighted by atomic mass is 9.89. The molecule has 0 spiro atoms. The topological polar surface area (TPSA) is 78.4 Å². The van der Waals surface area contributed by atoms with Crippen LogP contribution in [0.5, 0.6) is 0 Å². The van der Waals surface area contributed by atoms with Gasteiger partial charge < -0.3 is 15.1 Å². The Labute approximate surface area is 204 Å². The van der Waals surface area contributed by atoms with Crippen LogP contribution in [0.15, 0.2) is 30.5 Å². The van der Waals surface area contributed by atoms with Gasteiger partial charge >= 0.3 is 11.8 Å². The normalized spacial score (nSPS) is 21.5. The first kappa shape index (κ1) is 22.9. The first-order chi connectivity index (χ1) is 16.3. The first-order valence-corrected chi connectivity index (χ1v) is 12.7. The molecule has 1 N–H and O–H groups in total. The lowest BCUT2D eigenvalue weighted by Crippen LogP contribution is -2.46. The van der Waals surface area contributed by atoms with E-state index in [0.29, 0.717) is 24.1 Å². The lowest BCUT2D eigenvalue weighted by molar-refractivity contribution is -0.146. The molecule has 0 unspecified atom stereocenters. The number of carbonyl (C=O) groups excluding carboxylic acids is 2. The number of carbonyl (C=O) groups is 2. The van der Waals surface area contributed by atoms with Gasteiger partial charge in [0.05, 0.1) is 33.2 Å². The number of amides is 2. The largest absolute Gasteiger partial charge is 0.327 e. The number of anilines is 1. The van der Waals surface area contributed by atoms with Crippen LogP contribution >= 0.6 is 11.3 Å². The molecule has 2 aromatic heterocycles. The maximum absolute atomic E-state index is 13.3. The van der Waals surface area contributed by atoms with E-state index in [1.165, 1.54) is 9.71 Å². The van der Waals surface area contributed by atoms with Crippen LogP contribution in [0.25, 0.3) is 10.2 Å². The maximum Gasteiger partial charge on any atom is 0.313 e. The van der Waals surface area contributed by atoms with Crippen molar-refractivity contribution >= 4 is 39.1 Å². The Kier molecular flexibility index (Phi) is 6.12. The van der Waals surface area contributed by atoms with E-state index in [2.05, 4.69) is 47.4 Å². The number of nitrogens with one attached hydrogen (secondary N) is 1. The fraction of sp³-hybridized carbons (Fsp3) is 0.462. The van der Waals surface area contributed by atoms with Crippen LogP contribution in [0.4, 0.5) is 5.69 Å². The van der Waals surface area contributed by atoms with Gasteiger partial charge in [-0.3, -0.25) is 14.6 Å². The Balaban J connectivity index is 1.37. The van der Waals surface area contributed by atoms with Gasteiger partial charge in [-0.1, -0.05) is 13.0 Å². The number of rotatable bonds is 3. The fourth-order valence-corrected chi connectivity index (χ4v) is 5.98. The molecular formula is C26H31N5O2S. The standard InChI is InChI=1S/C26H31N5O2S/c1-15-5-7-22(18-6-8-23-21(10-18)29-25(34-23)19-13-30(4)14-19)31(12-15)26(33)24(32)28-20-9-16(2)17(3)27-11-20/h6,8-11,15,19,22H,5,7,12-14H2,1-4H3,(H,28,32)/t15-,22+/m0/s1. The van der Waals surface area contributed by atoms with E-state index in [1.54, 1.807) is 22.4 Å². The molecule has 0 radical (unpaired) electrons. The minimum atomic E-state index is -0.615. The van der Waals surface area contributed by atoms with Crippen LogP contribution in [-0.2, 0) is 9.59 Å². The highest BCUT2D eigenvalue weighted by Gasteiger charge is 2.35. The van der Waals surface area contributed by atoms with Gasteiger partial charge in [0.25, 0.3) is 0 Å². The van der Waals surface area contributed by atoms with Crippen molar-refractivity contribution in [3.63, 3.8) is 0 Å². The molecule has 2 saturated heterocycles. The number of aryl methyl sites for hydroxylation is 2. The Bertz CT molecular complexity index is 1250. The molecule has 8 heteroatoms. The summed E-state index contributed by atoms with van der Waals surface area (Å²) >= 11 is 1.77. The van der Waals surface area contributed by atoms with Gasteiger partial charge in [-0.05, 0) is 69.0 Å². The summed E-state index contributed by atoms with van der Waals surface area (Å²) < 4.78 is 1.18. The zero-order valence-electron chi connectivity index (χ0n) is 20.2. The number of aromatic nitrogens is 2. The molecule has 2 atom stereocenters. The van der Waals surface area contributed by atoms with Gasteiger partial charge in [-0.15, -0.1) is 11.3 Å². The molecule has 3 aromatic rings. The van der Waals surface area contributed by atoms with Gasteiger partial charge in [0.2, 0.25) is 0 Å². The second kappa shape index (κ2) is 9.07. The summed E-state index contributed by atoms with van der Waals surface area (Å²) in [6.07, 6.45) is 3.45. The van der Waals surface area contributed by atoms with Gasteiger partial charge in [-0.2, -0.15) is 0 Å². The van der Waals surface area contributed by atoms with Crippen molar-refractivity contribution in [2.24, 2.45) is 5.92 Å². The summed E-state index contributed by atoms with van der Waals surface area (Å²) in [5.41, 5.74) is 4.46. The van der Waals surface area contributed by atoms with E-state index >= 15 is 0 Å². The Morgan fingerprint density at radius 3 is 2.65 bits per heavy atom. The Morgan fingerprint density at radius 2 is 1.91 bits per heavy atom. The Morgan fingerprint density at radius 1 is 1.12 bits per heavy atom. The van der Waals surface area contributed by atoms with Crippen LogP contribution in [0, 0.1) is 19.8 Å². The molecule has 4 heterocycles. The second-order valence-electron chi connectivity index (χ2n) is 9.93. The zero-order valence-corrected chi connectivity index (χ0v) is 21.0. The predicted molar refractivity (Wildman–Crippen MR) is 135 cm³/mol. The molecule has 2 aliphatic heterocycles. The van der Waals surface area contributed by atoms with E-state index in [0.717, 1.165) is 48.3 Å². The molecule has 0 aliphatic carbocycles. The summed E-state index contributed by atoms with van der Waals surface area (Å²) in [6, 6.07) is 8.05. The van der Waals surface area contributed by atoms with E-state index < -0.39 is 11.8 Å². The molecule has 2 aliphatic rings. The number of thiazole rings is 1. The third-order valence-electron chi connectivity index (χ3n) is 7.10. The monoisotopic (exact) mass is 477 g/mol. The first-order valence-electron chi connectivity index (χ1n) is 11.9. The van der Waals surface area contributed by atoms with E-state index in [1.807, 2.05) is 19.9 Å². The van der Waals surface area contributed by atoms with Crippen LogP contribution in [0.1, 0.15) is 53.6 Å². The molecule has 0 saturated carbocycles. The third kappa shape index (κ3) is 4.44. The summed E-state index contributed by atoms with van der Waals surface area (Å²) in [5, 5.41) is 3.94. The molecule has 178 valence electrons. The van der Waals surface area contributed by atoms with Crippen molar-refractivity contribution in [2.45, 2.75) is 45.6 Å². The SMILES string of the molecule is Cc1cc(NC(=O)C(=O)N2C[C@@H](C)CC[C@@H]2c2ccc3sc(C4CN(C)C4)nc3c2)cnc1C. The number of likely N-dealkylation sites (N-methyl/N-ethyl adjacent to an activating group) is 1. The second-order valence-corrected chi connectivity index (χ2v) is 11.0. The van der Waals surface area contributed by atoms with Crippen LogP contribution < -0.4 is 5.32 Å². The number of benzene rings is 1. The van der Waals surface area contributed by atoms with E-state index in [9.17, 15) is 9.59 Å². The highest BCUT2D eigenvalue weighted by atomic mass is 32.1. The fourth-order valence-electron chi connectivity index (χ4n) is 4.95. The average Bonchev–Trinajstić information content (AvgIpc) is 3.21. The number of pyridine rings is 1. The number of fused-ring (bicyclic) bond motifs is 1. The van der Waals surface area contributed by atoms with Crippen LogP contribution in [0.3, 0.4) is 0 Å². The van der Waals surface area contributed by atoms with Crippen molar-refractivity contribution in [1.29, 1.82) is 0 Å². The zero-order chi connectivity index (χ0) is 24.0. The lowest BCUT2D eigenvalue weighted by Gasteiger charge is -2.38. The van der Waals surface area contributed by atoms with Crippen molar-refractivity contribution in [1.82, 2.24) is 19.8 Å². The van der Waals surface area contributed by atoms with Gasteiger partial charge in [-0.25, -0.2) is 4.98 Å². The number of likely N-dealkylation sites (tertiary alicyclic amines) is 2. The molecule has 2 amide bonds. The quantitative estimate of drug-likeness (QED) is 0.570. The Hall–Kier alpha value is -2.84. The summed E-state index contributed by atoms with van der Waals surface area (Å²) in [4.78, 5) is 39.4. The molecule has 7 nitrogen and oxygen atoms in total. The summed E-state index contributed by atoms with van der Waals surface area (Å²) in [7, 11) is 2.13. The van der Waals surface area contributed by atoms with Crippen LogP contribution in [0.2, 0.25) is 0 Å². The summed E-state index contributed by atoms with van der Waals surface area (Å²) in [6.45, 7) is 8.66. The molecular weight excluding hydrogens is 446 g/mol. The van der Waals surface area contributed by atoms with Gasteiger partial charge in [0.15, 0.2) is 0 Å².